The fourth-order valence-corrected chi connectivity index (χ4v) is 2.60. The summed E-state index contributed by atoms with van der Waals surface area (Å²) in [5, 5.41) is 1.22. The molecule has 1 unspecified atom stereocenters. The number of hydrogen-bond donors (Lipinski definition) is 1. The molecule has 3 nitrogen and oxygen atoms in total. The van der Waals surface area contributed by atoms with Gasteiger partial charge in [-0.2, -0.15) is 0 Å². The molecule has 0 aliphatic heterocycles. The second-order valence-electron chi connectivity index (χ2n) is 5.86. The number of benzene rings is 2. The van der Waals surface area contributed by atoms with E-state index in [2.05, 4.69) is 0 Å². The van der Waals surface area contributed by atoms with Gasteiger partial charge in [0.05, 0.1) is 6.04 Å². The Morgan fingerprint density at radius 2 is 1.74 bits per heavy atom. The Labute approximate surface area is 185 Å². The summed E-state index contributed by atoms with van der Waals surface area (Å²) in [6, 6.07) is 12.4. The molecule has 0 saturated heterocycles. The van der Waals surface area contributed by atoms with E-state index in [1.54, 1.807) is 6.08 Å². The van der Waals surface area contributed by atoms with Gasteiger partial charge in [0.25, 0.3) is 0 Å². The van der Waals surface area contributed by atoms with Gasteiger partial charge in [0.2, 0.25) is 0 Å². The Bertz CT molecular complexity index is 850. The van der Waals surface area contributed by atoms with Crippen molar-refractivity contribution < 1.29 is 34.3 Å². The molecule has 0 fully saturated rings. The van der Waals surface area contributed by atoms with Crippen molar-refractivity contribution >= 4 is 38.0 Å². The number of ketones is 1. The third kappa shape index (κ3) is 7.83. The van der Waals surface area contributed by atoms with Crippen LogP contribution in [0.15, 0.2) is 48.5 Å². The van der Waals surface area contributed by atoms with Crippen molar-refractivity contribution in [2.75, 3.05) is 0 Å². The van der Waals surface area contributed by atoms with Gasteiger partial charge in [-0.15, -0.1) is 0 Å². The number of carbonyl (C=O) groups excluding carboxylic acids is 2. The molecule has 144 valence electrons. The first kappa shape index (κ1) is 24.0. The Balaban J connectivity index is 0.000000646. The van der Waals surface area contributed by atoms with Gasteiger partial charge in [-0.05, 0) is 48.7 Å². The van der Waals surface area contributed by atoms with Crippen molar-refractivity contribution in [2.45, 2.75) is 33.2 Å². The van der Waals surface area contributed by atoms with Gasteiger partial charge < -0.3 is 5.73 Å². The summed E-state index contributed by atoms with van der Waals surface area (Å²) >= 11 is 13.7. The molecule has 6 heteroatoms. The van der Waals surface area contributed by atoms with Crippen LogP contribution < -0.4 is 5.73 Å². The number of carbonyl (C=O) groups is 2. The van der Waals surface area contributed by atoms with Crippen LogP contribution in [0.1, 0.15) is 37.0 Å². The second-order valence-corrected chi connectivity index (χ2v) is 8.35. The average molecular weight is 601 g/mol. The number of aryl methyl sites for hydroxylation is 1. The van der Waals surface area contributed by atoms with Crippen LogP contribution in [0.25, 0.3) is 5.57 Å². The van der Waals surface area contributed by atoms with Crippen molar-refractivity contribution in [3.05, 3.63) is 75.3 Å². The summed E-state index contributed by atoms with van der Waals surface area (Å²) in [6.45, 7) is 5.31. The van der Waals surface area contributed by atoms with Crippen LogP contribution >= 0.6 is 23.2 Å². The summed E-state index contributed by atoms with van der Waals surface area (Å²) in [5.41, 5.74) is 9.51. The molecule has 2 N–H and O–H groups in total. The van der Waals surface area contributed by atoms with Gasteiger partial charge in [0, 0.05) is 15.6 Å². The molecule has 0 radical (unpaired) electrons. The van der Waals surface area contributed by atoms with Gasteiger partial charge in [-0.25, -0.2) is 0 Å². The SMILES string of the molecule is CC(=O)C(N)/C=C(\c1cc(Cl)ccc1C)c1ccccc1Cl.CCC(=O)[At]. The topological polar surface area (TPSA) is 60.2 Å². The molecule has 2 aromatic carbocycles. The summed E-state index contributed by atoms with van der Waals surface area (Å²) in [7, 11) is 0. The van der Waals surface area contributed by atoms with Crippen molar-refractivity contribution in [2.24, 2.45) is 5.73 Å². The Hall–Kier alpha value is -1.06. The van der Waals surface area contributed by atoms with E-state index in [1.165, 1.54) is 31.6 Å². The van der Waals surface area contributed by atoms with Crippen molar-refractivity contribution in [3.8, 4) is 0 Å². The van der Waals surface area contributed by atoms with Gasteiger partial charge in [-0.3, -0.25) is 4.79 Å². The molecule has 0 aliphatic carbocycles. The quantitative estimate of drug-likeness (QED) is 0.518. The maximum atomic E-state index is 11.6. The molecule has 0 aromatic heterocycles. The molecular weight excluding hydrogens is 579 g/mol. The van der Waals surface area contributed by atoms with Crippen molar-refractivity contribution in [3.63, 3.8) is 0 Å². The second kappa shape index (κ2) is 11.7. The van der Waals surface area contributed by atoms with Crippen LogP contribution in [0.5, 0.6) is 0 Å². The number of nitrogens with two attached hydrogens (primary N) is 1. The number of hydrogen-bond acceptors (Lipinski definition) is 3. The number of rotatable bonds is 5. The van der Waals surface area contributed by atoms with Crippen LogP contribution in [0.3, 0.4) is 0 Å². The molecule has 0 spiro atoms. The minimum atomic E-state index is -0.690. The van der Waals surface area contributed by atoms with Gasteiger partial charge in [0.1, 0.15) is 5.78 Å². The summed E-state index contributed by atoms with van der Waals surface area (Å²) in [6.07, 6.45) is 2.43. The van der Waals surface area contributed by atoms with Gasteiger partial charge in [-0.1, -0.05) is 53.5 Å². The van der Waals surface area contributed by atoms with Gasteiger partial charge >= 0.3 is 46.3 Å². The van der Waals surface area contributed by atoms with Crippen molar-refractivity contribution in [1.82, 2.24) is 0 Å². The van der Waals surface area contributed by atoms with E-state index >= 15 is 0 Å². The maximum absolute atomic E-state index is 11.6. The molecule has 2 aromatic rings. The molecule has 0 aliphatic rings. The Kier molecular flexibility index (Phi) is 10.4. The van der Waals surface area contributed by atoms with Crippen LogP contribution in [-0.2, 0) is 9.59 Å². The normalized spacial score (nSPS) is 12.0. The summed E-state index contributed by atoms with van der Waals surface area (Å²) in [5.74, 6) is -0.107. The molecule has 0 bridgehead atoms. The molecular formula is C21H22AtCl2NO2. The minimum absolute atomic E-state index is 0.107. The van der Waals surface area contributed by atoms with Crippen LogP contribution in [0.2, 0.25) is 10.0 Å². The molecule has 2 rings (SSSR count). The predicted molar refractivity (Wildman–Crippen MR) is 109 cm³/mol. The molecule has 0 amide bonds. The third-order valence-electron chi connectivity index (χ3n) is 3.75. The van der Waals surface area contributed by atoms with E-state index in [9.17, 15) is 9.59 Å². The van der Waals surface area contributed by atoms with E-state index in [1.807, 2.05) is 56.3 Å². The number of Topliss-reactive ketones (excluding diaryl/α,β-unsaturated/α-hetero) is 1. The summed E-state index contributed by atoms with van der Waals surface area (Å²) in [4.78, 5) is 21.4. The first-order chi connectivity index (χ1) is 12.7. The average Bonchev–Trinajstić information content (AvgIpc) is 2.62. The zero-order valence-corrected chi connectivity index (χ0v) is 19.9. The van der Waals surface area contributed by atoms with E-state index in [4.69, 9.17) is 28.9 Å². The zero-order chi connectivity index (χ0) is 20.6. The molecule has 27 heavy (non-hydrogen) atoms. The monoisotopic (exact) mass is 600 g/mol. The van der Waals surface area contributed by atoms with E-state index in [0.29, 0.717) is 20.0 Å². The first-order valence-electron chi connectivity index (χ1n) is 8.35. The standard InChI is InChI=1S/C18H17Cl2NO.C3H5AtO/c1-11-7-8-13(19)9-15(11)16(10-18(21)12(2)22)14-5-3-4-6-17(14)20;1-2-3(4)5/h3-10,18H,21H2,1-2H3;2H2,1H3/b16-10-;. The Morgan fingerprint density at radius 1 is 1.15 bits per heavy atom. The van der Waals surface area contributed by atoms with Crippen molar-refractivity contribution in [1.29, 1.82) is 0 Å². The first-order valence-corrected chi connectivity index (χ1v) is 10.6. The zero-order valence-electron chi connectivity index (χ0n) is 15.4. The summed E-state index contributed by atoms with van der Waals surface area (Å²) < 4.78 is 0.310. The molecule has 1 atom stereocenters. The Morgan fingerprint density at radius 3 is 2.26 bits per heavy atom. The van der Waals surface area contributed by atoms with Crippen LogP contribution in [0, 0.1) is 31.6 Å². The van der Waals surface area contributed by atoms with Crippen LogP contribution in [0.4, 0.5) is 0 Å². The predicted octanol–water partition coefficient (Wildman–Crippen LogP) is 5.12. The van der Waals surface area contributed by atoms with E-state index in [-0.39, 0.29) is 5.78 Å². The fraction of sp³-hybridized carbons (Fsp3) is 0.238. The van der Waals surface area contributed by atoms with Crippen LogP contribution in [-0.4, -0.2) is 15.3 Å². The molecule has 0 saturated carbocycles. The molecule has 0 heterocycles. The fourth-order valence-electron chi connectivity index (χ4n) is 2.19. The van der Waals surface area contributed by atoms with E-state index in [0.717, 1.165) is 22.3 Å². The number of halogens is 2. The third-order valence-corrected chi connectivity index (χ3v) is 5.35. The van der Waals surface area contributed by atoms with E-state index < -0.39 is 6.04 Å². The van der Waals surface area contributed by atoms with Gasteiger partial charge in [0.15, 0.2) is 0 Å².